The number of likely N-dealkylation sites (tertiary alicyclic amines) is 1. The zero-order valence-corrected chi connectivity index (χ0v) is 13.0. The Hall–Kier alpha value is -2.25. The Morgan fingerprint density at radius 3 is 2.50 bits per heavy atom. The molecule has 130 valence electrons. The number of amides is 3. The molecule has 0 unspecified atom stereocenters. The Kier molecular flexibility index (Phi) is 4.38. The van der Waals surface area contributed by atoms with Gasteiger partial charge in [0, 0.05) is 25.3 Å². The summed E-state index contributed by atoms with van der Waals surface area (Å²) >= 11 is 0. The van der Waals surface area contributed by atoms with E-state index in [4.69, 9.17) is 0 Å². The highest BCUT2D eigenvalue weighted by Gasteiger charge is 2.37. The highest BCUT2D eigenvalue weighted by molar-refractivity contribution is 5.96. The number of carbonyl (C=O) groups is 2. The largest absolute Gasteiger partial charge is 0.416 e. The van der Waals surface area contributed by atoms with Gasteiger partial charge in [-0.15, -0.1) is 0 Å². The Morgan fingerprint density at radius 1 is 1.12 bits per heavy atom. The molecule has 2 heterocycles. The van der Waals surface area contributed by atoms with Crippen molar-refractivity contribution in [3.8, 4) is 0 Å². The summed E-state index contributed by atoms with van der Waals surface area (Å²) in [5.41, 5.74) is -0.314. The molecule has 3 rings (SSSR count). The molecule has 1 aromatic rings. The summed E-state index contributed by atoms with van der Waals surface area (Å²) in [6.45, 7) is 1.42. The second kappa shape index (κ2) is 6.33. The van der Waals surface area contributed by atoms with Gasteiger partial charge in [0.05, 0.1) is 12.1 Å². The van der Waals surface area contributed by atoms with Crippen molar-refractivity contribution >= 4 is 17.6 Å². The number of benzene rings is 1. The Balaban J connectivity index is 1.67. The monoisotopic (exact) mass is 341 g/mol. The van der Waals surface area contributed by atoms with Crippen LogP contribution in [0.15, 0.2) is 18.2 Å². The van der Waals surface area contributed by atoms with Crippen LogP contribution in [0.3, 0.4) is 0 Å². The fourth-order valence-corrected chi connectivity index (χ4v) is 3.24. The number of nitrogens with one attached hydrogen (secondary N) is 1. The molecule has 0 bridgehead atoms. The van der Waals surface area contributed by atoms with Crippen LogP contribution in [0.4, 0.5) is 23.7 Å². The van der Waals surface area contributed by atoms with Gasteiger partial charge in [-0.2, -0.15) is 13.2 Å². The summed E-state index contributed by atoms with van der Waals surface area (Å²) in [6, 6.07) is 3.28. The number of carbonyl (C=O) groups excluding carboxylic acids is 2. The van der Waals surface area contributed by atoms with Crippen LogP contribution in [0, 0.1) is 0 Å². The quantitative estimate of drug-likeness (QED) is 0.898. The van der Waals surface area contributed by atoms with E-state index < -0.39 is 17.8 Å². The van der Waals surface area contributed by atoms with E-state index in [-0.39, 0.29) is 36.7 Å². The van der Waals surface area contributed by atoms with E-state index in [1.165, 1.54) is 17.0 Å². The first-order valence-corrected chi connectivity index (χ1v) is 7.90. The van der Waals surface area contributed by atoms with Gasteiger partial charge in [-0.1, -0.05) is 6.07 Å². The fourth-order valence-electron chi connectivity index (χ4n) is 3.24. The molecule has 0 aromatic heterocycles. The van der Waals surface area contributed by atoms with Crippen molar-refractivity contribution < 1.29 is 22.8 Å². The molecular formula is C16H18F3N3O2. The molecule has 1 N–H and O–H groups in total. The summed E-state index contributed by atoms with van der Waals surface area (Å²) in [6.07, 6.45) is -2.37. The second-order valence-electron chi connectivity index (χ2n) is 5.95. The van der Waals surface area contributed by atoms with Gasteiger partial charge in [-0.25, -0.2) is 4.79 Å². The lowest BCUT2D eigenvalue weighted by Gasteiger charge is -2.20. The molecule has 2 aliphatic heterocycles. The van der Waals surface area contributed by atoms with Crippen molar-refractivity contribution in [2.45, 2.75) is 25.4 Å². The minimum Gasteiger partial charge on any atom is -0.341 e. The van der Waals surface area contributed by atoms with Crippen LogP contribution >= 0.6 is 0 Å². The molecule has 1 aromatic carbocycles. The molecule has 0 atom stereocenters. The van der Waals surface area contributed by atoms with Gasteiger partial charge in [0.25, 0.3) is 0 Å². The predicted molar refractivity (Wildman–Crippen MR) is 81.7 cm³/mol. The van der Waals surface area contributed by atoms with Gasteiger partial charge in [0.15, 0.2) is 0 Å². The van der Waals surface area contributed by atoms with Crippen molar-refractivity contribution in [3.63, 3.8) is 0 Å². The molecule has 8 heteroatoms. The summed E-state index contributed by atoms with van der Waals surface area (Å²) < 4.78 is 39.1. The number of halogens is 3. The van der Waals surface area contributed by atoms with E-state index in [1.807, 2.05) is 0 Å². The number of anilines is 1. The number of fused-ring (bicyclic) bond motifs is 1. The van der Waals surface area contributed by atoms with Crippen molar-refractivity contribution in [2.75, 3.05) is 31.1 Å². The van der Waals surface area contributed by atoms with Crippen LogP contribution in [-0.4, -0.2) is 43.0 Å². The maximum Gasteiger partial charge on any atom is 0.416 e. The van der Waals surface area contributed by atoms with E-state index in [2.05, 4.69) is 5.32 Å². The Bertz CT molecular complexity index is 654. The summed E-state index contributed by atoms with van der Waals surface area (Å²) in [5.74, 6) is -0.163. The highest BCUT2D eigenvalue weighted by atomic mass is 19.4. The van der Waals surface area contributed by atoms with Gasteiger partial charge < -0.3 is 10.2 Å². The maximum absolute atomic E-state index is 13.0. The minimum absolute atomic E-state index is 0.131. The summed E-state index contributed by atoms with van der Waals surface area (Å²) in [7, 11) is 0. The smallest absolute Gasteiger partial charge is 0.341 e. The lowest BCUT2D eigenvalue weighted by molar-refractivity contribution is -0.138. The molecule has 0 spiro atoms. The first kappa shape index (κ1) is 16.6. The highest BCUT2D eigenvalue weighted by Crippen LogP contribution is 2.39. The van der Waals surface area contributed by atoms with E-state index in [0.717, 1.165) is 18.9 Å². The number of nitrogens with zero attached hydrogens (tertiary/aromatic N) is 2. The first-order valence-electron chi connectivity index (χ1n) is 7.90. The van der Waals surface area contributed by atoms with Crippen molar-refractivity contribution in [1.29, 1.82) is 0 Å². The van der Waals surface area contributed by atoms with Crippen LogP contribution in [-0.2, 0) is 17.4 Å². The van der Waals surface area contributed by atoms with Crippen molar-refractivity contribution in [3.05, 3.63) is 29.3 Å². The van der Waals surface area contributed by atoms with Gasteiger partial charge in [-0.05, 0) is 37.0 Å². The molecule has 1 saturated heterocycles. The summed E-state index contributed by atoms with van der Waals surface area (Å²) in [5, 5.41) is 2.51. The van der Waals surface area contributed by atoms with E-state index in [0.29, 0.717) is 13.1 Å². The molecule has 0 radical (unpaired) electrons. The molecule has 2 aliphatic rings. The van der Waals surface area contributed by atoms with Crippen LogP contribution in [0.1, 0.15) is 24.0 Å². The van der Waals surface area contributed by atoms with Crippen LogP contribution in [0.5, 0.6) is 0 Å². The SMILES string of the molecule is O=C(CNC(=O)N1CCc2c1cccc2C(F)(F)F)N1CCCC1. The number of alkyl halides is 3. The number of rotatable bonds is 2. The van der Waals surface area contributed by atoms with Gasteiger partial charge in [-0.3, -0.25) is 9.69 Å². The Morgan fingerprint density at radius 2 is 1.83 bits per heavy atom. The summed E-state index contributed by atoms with van der Waals surface area (Å²) in [4.78, 5) is 27.1. The third-order valence-electron chi connectivity index (χ3n) is 4.43. The maximum atomic E-state index is 13.0. The standard InChI is InChI=1S/C16H18F3N3O2/c17-16(18,19)12-4-3-5-13-11(12)6-9-22(13)15(24)20-10-14(23)21-7-1-2-8-21/h3-5H,1-2,6-10H2,(H,20,24). The van der Waals surface area contributed by atoms with Gasteiger partial charge >= 0.3 is 12.2 Å². The minimum atomic E-state index is -4.44. The van der Waals surface area contributed by atoms with Gasteiger partial charge in [0.1, 0.15) is 0 Å². The number of hydrogen-bond acceptors (Lipinski definition) is 2. The zero-order valence-electron chi connectivity index (χ0n) is 13.0. The lowest BCUT2D eigenvalue weighted by atomic mass is 10.0. The average molecular weight is 341 g/mol. The van der Waals surface area contributed by atoms with E-state index >= 15 is 0 Å². The number of urea groups is 1. The van der Waals surface area contributed by atoms with Crippen molar-refractivity contribution in [1.82, 2.24) is 10.2 Å². The van der Waals surface area contributed by atoms with Crippen LogP contribution in [0.25, 0.3) is 0 Å². The van der Waals surface area contributed by atoms with Crippen molar-refractivity contribution in [2.24, 2.45) is 0 Å². The zero-order chi connectivity index (χ0) is 17.3. The normalized spacial score (nSPS) is 17.1. The molecule has 3 amide bonds. The lowest BCUT2D eigenvalue weighted by Crippen LogP contribution is -2.44. The molecular weight excluding hydrogens is 323 g/mol. The predicted octanol–water partition coefficient (Wildman–Crippen LogP) is 2.40. The molecule has 0 aliphatic carbocycles. The van der Waals surface area contributed by atoms with Crippen LogP contribution < -0.4 is 10.2 Å². The first-order chi connectivity index (χ1) is 11.4. The third kappa shape index (κ3) is 3.18. The molecule has 5 nitrogen and oxygen atoms in total. The van der Waals surface area contributed by atoms with E-state index in [9.17, 15) is 22.8 Å². The van der Waals surface area contributed by atoms with Crippen LogP contribution in [0.2, 0.25) is 0 Å². The molecule has 24 heavy (non-hydrogen) atoms. The fraction of sp³-hybridized carbons (Fsp3) is 0.500. The molecule has 1 fully saturated rings. The third-order valence-corrected chi connectivity index (χ3v) is 4.43. The Labute approximate surface area is 137 Å². The average Bonchev–Trinajstić information content (AvgIpc) is 3.20. The van der Waals surface area contributed by atoms with E-state index in [1.54, 1.807) is 4.90 Å². The second-order valence-corrected chi connectivity index (χ2v) is 5.95. The van der Waals surface area contributed by atoms with Gasteiger partial charge in [0.2, 0.25) is 5.91 Å². The number of hydrogen-bond donors (Lipinski definition) is 1. The topological polar surface area (TPSA) is 52.7 Å². The molecule has 0 saturated carbocycles.